The van der Waals surface area contributed by atoms with Crippen LogP contribution in [0, 0.1) is 0 Å². The van der Waals surface area contributed by atoms with E-state index in [1.165, 1.54) is 51.6 Å². The van der Waals surface area contributed by atoms with Crippen LogP contribution in [0.3, 0.4) is 0 Å². The lowest BCUT2D eigenvalue weighted by Gasteiger charge is -2.23. The quantitative estimate of drug-likeness (QED) is 0.495. The van der Waals surface area contributed by atoms with E-state index < -0.39 is 0 Å². The molecule has 0 aliphatic carbocycles. The van der Waals surface area contributed by atoms with E-state index in [0.717, 1.165) is 30.3 Å². The molecule has 24 heavy (non-hydrogen) atoms. The Balaban J connectivity index is 2.44. The number of unbranched alkanes of at least 4 members (excludes halogenated alkanes) is 4. The third-order valence-corrected chi connectivity index (χ3v) is 4.30. The molecular weight excluding hydrogens is 300 g/mol. The van der Waals surface area contributed by atoms with Crippen LogP contribution in [0.2, 0.25) is 0 Å². The topological polar surface area (TPSA) is 33.7 Å². The molecule has 0 aliphatic heterocycles. The van der Waals surface area contributed by atoms with Crippen molar-refractivity contribution in [3.63, 3.8) is 0 Å². The summed E-state index contributed by atoms with van der Waals surface area (Å²) in [5.41, 5.74) is 1.08. The third kappa shape index (κ3) is 7.91. The van der Waals surface area contributed by atoms with Crippen LogP contribution in [0.5, 0.6) is 11.5 Å². The highest BCUT2D eigenvalue weighted by Crippen LogP contribution is 2.29. The van der Waals surface area contributed by atoms with Gasteiger partial charge in [-0.05, 0) is 38.1 Å². The van der Waals surface area contributed by atoms with Crippen LogP contribution in [-0.2, 0) is 0 Å². The normalized spacial score (nSPS) is 10.9. The molecule has 0 saturated carbocycles. The van der Waals surface area contributed by atoms with Crippen molar-refractivity contribution in [1.29, 1.82) is 0 Å². The molecule has 4 heteroatoms. The minimum Gasteiger partial charge on any atom is -0.493 e. The second kappa shape index (κ2) is 12.9. The van der Waals surface area contributed by atoms with Crippen molar-refractivity contribution in [2.75, 3.05) is 45.7 Å². The maximum absolute atomic E-state index is 5.36. The van der Waals surface area contributed by atoms with Gasteiger partial charge in [0.05, 0.1) is 14.2 Å². The number of hydrogen-bond acceptors (Lipinski definition) is 4. The van der Waals surface area contributed by atoms with Crippen LogP contribution in [0.25, 0.3) is 0 Å². The zero-order chi connectivity index (χ0) is 17.6. The molecule has 0 radical (unpaired) electrons. The van der Waals surface area contributed by atoms with Crippen LogP contribution in [-0.4, -0.2) is 45.3 Å². The Bertz CT molecular complexity index is 428. The van der Waals surface area contributed by atoms with Crippen molar-refractivity contribution < 1.29 is 9.47 Å². The van der Waals surface area contributed by atoms with E-state index in [1.807, 2.05) is 18.2 Å². The van der Waals surface area contributed by atoms with Crippen LogP contribution in [0.15, 0.2) is 18.2 Å². The summed E-state index contributed by atoms with van der Waals surface area (Å²) in [5, 5.41) is 3.50. The number of ether oxygens (including phenoxy) is 2. The Kier molecular flexibility index (Phi) is 11.1. The fraction of sp³-hybridized carbons (Fsp3) is 0.700. The van der Waals surface area contributed by atoms with Gasteiger partial charge >= 0.3 is 0 Å². The third-order valence-electron chi connectivity index (χ3n) is 4.30. The fourth-order valence-corrected chi connectivity index (χ4v) is 2.81. The van der Waals surface area contributed by atoms with Gasteiger partial charge in [-0.2, -0.15) is 0 Å². The summed E-state index contributed by atoms with van der Waals surface area (Å²) in [6, 6.07) is 5.98. The van der Waals surface area contributed by atoms with Gasteiger partial charge in [0.25, 0.3) is 0 Å². The number of nitrogens with one attached hydrogen (secondary N) is 1. The summed E-state index contributed by atoms with van der Waals surface area (Å²) >= 11 is 0. The Morgan fingerprint density at radius 1 is 0.833 bits per heavy atom. The largest absolute Gasteiger partial charge is 0.493 e. The Labute approximate surface area is 148 Å². The summed E-state index contributed by atoms with van der Waals surface area (Å²) in [7, 11) is 3.33. The zero-order valence-electron chi connectivity index (χ0n) is 16.1. The first-order chi connectivity index (χ1) is 11.7. The molecule has 0 fully saturated rings. The lowest BCUT2D eigenvalue weighted by molar-refractivity contribution is 0.271. The van der Waals surface area contributed by atoms with Gasteiger partial charge in [-0.15, -0.1) is 0 Å². The summed E-state index contributed by atoms with van der Waals surface area (Å²) < 4.78 is 10.6. The molecule has 1 rings (SSSR count). The van der Waals surface area contributed by atoms with Crippen LogP contribution in [0.1, 0.15) is 52.4 Å². The van der Waals surface area contributed by atoms with Crippen molar-refractivity contribution in [2.24, 2.45) is 0 Å². The van der Waals surface area contributed by atoms with E-state index >= 15 is 0 Å². The number of methoxy groups -OCH3 is 2. The summed E-state index contributed by atoms with van der Waals surface area (Å²) in [4.78, 5) is 2.60. The van der Waals surface area contributed by atoms with E-state index in [2.05, 4.69) is 24.1 Å². The monoisotopic (exact) mass is 336 g/mol. The number of hydrogen-bond donors (Lipinski definition) is 1. The van der Waals surface area contributed by atoms with Crippen molar-refractivity contribution in [3.8, 4) is 11.5 Å². The van der Waals surface area contributed by atoms with Crippen molar-refractivity contribution in [1.82, 2.24) is 4.90 Å². The molecule has 0 spiro atoms. The van der Waals surface area contributed by atoms with Crippen LogP contribution in [0.4, 0.5) is 5.69 Å². The maximum Gasteiger partial charge on any atom is 0.162 e. The minimum atomic E-state index is 0.767. The first-order valence-electron chi connectivity index (χ1n) is 9.43. The van der Waals surface area contributed by atoms with Gasteiger partial charge in [0, 0.05) is 24.8 Å². The van der Waals surface area contributed by atoms with Gasteiger partial charge in [-0.1, -0.05) is 39.5 Å². The lowest BCUT2D eigenvalue weighted by atomic mass is 10.2. The summed E-state index contributed by atoms with van der Waals surface area (Å²) in [5.74, 6) is 1.54. The van der Waals surface area contributed by atoms with Gasteiger partial charge < -0.3 is 19.7 Å². The molecule has 1 N–H and O–H groups in total. The van der Waals surface area contributed by atoms with Crippen molar-refractivity contribution in [3.05, 3.63) is 18.2 Å². The van der Waals surface area contributed by atoms with Crippen LogP contribution < -0.4 is 14.8 Å². The van der Waals surface area contributed by atoms with Crippen molar-refractivity contribution >= 4 is 5.69 Å². The summed E-state index contributed by atoms with van der Waals surface area (Å²) in [6.07, 6.45) is 7.83. The lowest BCUT2D eigenvalue weighted by Crippen LogP contribution is -2.31. The average Bonchev–Trinajstić information content (AvgIpc) is 2.61. The predicted molar refractivity (Wildman–Crippen MR) is 104 cm³/mol. The minimum absolute atomic E-state index is 0.767. The van der Waals surface area contributed by atoms with Gasteiger partial charge in [0.1, 0.15) is 0 Å². The second-order valence-corrected chi connectivity index (χ2v) is 6.25. The first-order valence-corrected chi connectivity index (χ1v) is 9.43. The number of nitrogens with zero attached hydrogens (tertiary/aromatic N) is 1. The van der Waals surface area contributed by atoms with Crippen molar-refractivity contribution in [2.45, 2.75) is 52.4 Å². The molecule has 4 nitrogen and oxygen atoms in total. The van der Waals surface area contributed by atoms with E-state index in [0.29, 0.717) is 0 Å². The standard InChI is InChI=1S/C20H36N2O2/c1-5-7-9-14-22(15-10-8-6-2)16-13-21-18-11-12-19(23-3)20(17-18)24-4/h11-12,17,21H,5-10,13-16H2,1-4H3. The molecule has 0 saturated heterocycles. The molecule has 138 valence electrons. The highest BCUT2D eigenvalue weighted by Gasteiger charge is 2.06. The van der Waals surface area contributed by atoms with Gasteiger partial charge in [0.2, 0.25) is 0 Å². The SMILES string of the molecule is CCCCCN(CCCCC)CCNc1ccc(OC)c(OC)c1. The number of anilines is 1. The summed E-state index contributed by atoms with van der Waals surface area (Å²) in [6.45, 7) is 8.99. The van der Waals surface area contributed by atoms with E-state index in [4.69, 9.17) is 9.47 Å². The highest BCUT2D eigenvalue weighted by atomic mass is 16.5. The van der Waals surface area contributed by atoms with E-state index in [9.17, 15) is 0 Å². The Hall–Kier alpha value is -1.42. The molecule has 0 bridgehead atoms. The molecule has 0 heterocycles. The van der Waals surface area contributed by atoms with Gasteiger partial charge in [-0.3, -0.25) is 0 Å². The van der Waals surface area contributed by atoms with Gasteiger partial charge in [-0.25, -0.2) is 0 Å². The van der Waals surface area contributed by atoms with Crippen LogP contribution >= 0.6 is 0 Å². The predicted octanol–water partition coefficient (Wildman–Crippen LogP) is 4.80. The average molecular weight is 337 g/mol. The smallest absolute Gasteiger partial charge is 0.162 e. The molecule has 1 aromatic rings. The second-order valence-electron chi connectivity index (χ2n) is 6.25. The molecule has 1 aromatic carbocycles. The number of benzene rings is 1. The molecule has 0 aromatic heterocycles. The van der Waals surface area contributed by atoms with Gasteiger partial charge in [0.15, 0.2) is 11.5 Å². The fourth-order valence-electron chi connectivity index (χ4n) is 2.81. The molecule has 0 atom stereocenters. The zero-order valence-corrected chi connectivity index (χ0v) is 16.1. The Morgan fingerprint density at radius 3 is 2.00 bits per heavy atom. The van der Waals surface area contributed by atoms with E-state index in [1.54, 1.807) is 14.2 Å². The first kappa shape index (κ1) is 20.6. The molecular formula is C20H36N2O2. The van der Waals surface area contributed by atoms with E-state index in [-0.39, 0.29) is 0 Å². The number of rotatable bonds is 14. The molecule has 0 unspecified atom stereocenters. The molecule has 0 aliphatic rings. The Morgan fingerprint density at radius 2 is 1.46 bits per heavy atom. The molecule has 0 amide bonds. The maximum atomic E-state index is 5.36. The highest BCUT2D eigenvalue weighted by molar-refractivity contribution is 5.54.